The van der Waals surface area contributed by atoms with Gasteiger partial charge in [0.05, 0.1) is 10.6 Å². The molecule has 14 heavy (non-hydrogen) atoms. The average Bonchev–Trinajstić information content (AvgIpc) is 2.02. The van der Waals surface area contributed by atoms with Crippen molar-refractivity contribution < 1.29 is 42.5 Å². The molecule has 0 bridgehead atoms. The van der Waals surface area contributed by atoms with Crippen LogP contribution in [0.5, 0.6) is 0 Å². The summed E-state index contributed by atoms with van der Waals surface area (Å²) in [6.45, 7) is 1.66. The first kappa shape index (κ1) is 13.9. The number of hydrogen-bond acceptors (Lipinski definition) is 5. The summed E-state index contributed by atoms with van der Waals surface area (Å²) in [5.41, 5.74) is 3.58. The molecule has 0 aromatic heterocycles. The van der Waals surface area contributed by atoms with E-state index in [0.717, 1.165) is 0 Å². The number of hydrogen-bond donors (Lipinski definition) is 2. The van der Waals surface area contributed by atoms with Crippen molar-refractivity contribution in [3.63, 3.8) is 0 Å². The number of nitrogens with one attached hydrogen (secondary N) is 1. The zero-order valence-corrected chi connectivity index (χ0v) is 10.8. The molecule has 0 saturated carbocycles. The maximum atomic E-state index is 10.6. The van der Waals surface area contributed by atoms with E-state index in [1.165, 1.54) is 18.2 Å². The van der Waals surface area contributed by atoms with E-state index in [1.807, 2.05) is 0 Å². The fourth-order valence-corrected chi connectivity index (χ4v) is 1.51. The van der Waals surface area contributed by atoms with Gasteiger partial charge < -0.3 is 9.98 Å². The Morgan fingerprint density at radius 3 is 2.36 bits per heavy atom. The molecular weight excluding hydrogens is 215 g/mol. The molecule has 0 aliphatic rings. The maximum Gasteiger partial charge on any atom is 1.00 e. The molecule has 5 nitrogen and oxygen atoms in total. The standard InChI is InChI=1S/C7H10N2O3S.Na/c1-5-4-6(13(10,11)12)2-3-7(5)9-8;/h2-4,9H,8H2,1H3,(H,10,11,12);/q;+1/p-1. The molecule has 1 aromatic rings. The SMILES string of the molecule is Cc1cc(S(=O)(=O)[O-])ccc1NN.[Na+]. The minimum Gasteiger partial charge on any atom is -0.744 e. The Hall–Kier alpha value is -0.110. The van der Waals surface area contributed by atoms with Gasteiger partial charge >= 0.3 is 29.6 Å². The van der Waals surface area contributed by atoms with Gasteiger partial charge in [-0.05, 0) is 30.7 Å². The van der Waals surface area contributed by atoms with E-state index in [2.05, 4.69) is 5.43 Å². The van der Waals surface area contributed by atoms with E-state index >= 15 is 0 Å². The van der Waals surface area contributed by atoms with Crippen LogP contribution in [0.1, 0.15) is 5.56 Å². The summed E-state index contributed by atoms with van der Waals surface area (Å²) in [5.74, 6) is 5.13. The van der Waals surface area contributed by atoms with Crippen molar-refractivity contribution in [3.05, 3.63) is 23.8 Å². The fraction of sp³-hybridized carbons (Fsp3) is 0.143. The Bertz CT molecular complexity index is 419. The van der Waals surface area contributed by atoms with Crippen molar-refractivity contribution in [1.29, 1.82) is 0 Å². The minimum absolute atomic E-state index is 0. The Morgan fingerprint density at radius 2 is 2.00 bits per heavy atom. The summed E-state index contributed by atoms with van der Waals surface area (Å²) in [7, 11) is -4.37. The summed E-state index contributed by atoms with van der Waals surface area (Å²) >= 11 is 0. The van der Waals surface area contributed by atoms with Crippen molar-refractivity contribution in [3.8, 4) is 0 Å². The summed E-state index contributed by atoms with van der Waals surface area (Å²) in [6, 6.07) is 3.93. The van der Waals surface area contributed by atoms with Crippen LogP contribution in [0.4, 0.5) is 5.69 Å². The molecule has 0 unspecified atom stereocenters. The third-order valence-corrected chi connectivity index (χ3v) is 2.47. The third kappa shape index (κ3) is 3.23. The zero-order chi connectivity index (χ0) is 10.1. The minimum atomic E-state index is -4.37. The molecule has 0 atom stereocenters. The van der Waals surface area contributed by atoms with E-state index < -0.39 is 10.1 Å². The molecule has 0 aliphatic carbocycles. The van der Waals surface area contributed by atoms with Crippen LogP contribution in [0.3, 0.4) is 0 Å². The average molecular weight is 224 g/mol. The van der Waals surface area contributed by atoms with Gasteiger partial charge in [0.1, 0.15) is 10.1 Å². The van der Waals surface area contributed by atoms with Gasteiger partial charge in [0.15, 0.2) is 0 Å². The van der Waals surface area contributed by atoms with Crippen LogP contribution in [-0.4, -0.2) is 13.0 Å². The number of aryl methyl sites for hydroxylation is 1. The van der Waals surface area contributed by atoms with E-state index in [1.54, 1.807) is 6.92 Å². The molecule has 1 aromatic carbocycles. The molecule has 0 fully saturated rings. The van der Waals surface area contributed by atoms with Crippen molar-refractivity contribution in [2.24, 2.45) is 5.84 Å². The number of anilines is 1. The largest absolute Gasteiger partial charge is 1.00 e. The maximum absolute atomic E-state index is 10.6. The number of benzene rings is 1. The van der Waals surface area contributed by atoms with Crippen molar-refractivity contribution in [2.75, 3.05) is 5.43 Å². The van der Waals surface area contributed by atoms with Crippen LogP contribution in [0.2, 0.25) is 0 Å². The van der Waals surface area contributed by atoms with Crippen LogP contribution in [0, 0.1) is 6.92 Å². The summed E-state index contributed by atoms with van der Waals surface area (Å²) in [4.78, 5) is -0.246. The van der Waals surface area contributed by atoms with Gasteiger partial charge in [0.25, 0.3) is 0 Å². The van der Waals surface area contributed by atoms with E-state index in [-0.39, 0.29) is 34.5 Å². The fourth-order valence-electron chi connectivity index (χ4n) is 0.954. The quantitative estimate of drug-likeness (QED) is 0.245. The first-order valence-corrected chi connectivity index (χ1v) is 4.89. The van der Waals surface area contributed by atoms with E-state index in [0.29, 0.717) is 11.3 Å². The van der Waals surface area contributed by atoms with Gasteiger partial charge in [0, 0.05) is 0 Å². The van der Waals surface area contributed by atoms with Crippen molar-refractivity contribution in [2.45, 2.75) is 11.8 Å². The molecule has 72 valence electrons. The molecule has 0 heterocycles. The summed E-state index contributed by atoms with van der Waals surface area (Å²) < 4.78 is 31.7. The number of rotatable bonds is 2. The van der Waals surface area contributed by atoms with Crippen LogP contribution in [0.25, 0.3) is 0 Å². The Morgan fingerprint density at radius 1 is 1.43 bits per heavy atom. The molecule has 0 saturated heterocycles. The number of nitrogens with two attached hydrogens (primary N) is 1. The van der Waals surface area contributed by atoms with E-state index in [4.69, 9.17) is 5.84 Å². The van der Waals surface area contributed by atoms with Gasteiger partial charge in [0.2, 0.25) is 0 Å². The van der Waals surface area contributed by atoms with Gasteiger partial charge in [-0.15, -0.1) is 0 Å². The third-order valence-electron chi connectivity index (χ3n) is 1.64. The Kier molecular flexibility index (Phi) is 5.07. The number of hydrazine groups is 1. The topological polar surface area (TPSA) is 95.2 Å². The predicted molar refractivity (Wildman–Crippen MR) is 47.0 cm³/mol. The Labute approximate surface area is 105 Å². The second-order valence-electron chi connectivity index (χ2n) is 2.58. The smallest absolute Gasteiger partial charge is 0.744 e. The van der Waals surface area contributed by atoms with Crippen molar-refractivity contribution in [1.82, 2.24) is 0 Å². The second kappa shape index (κ2) is 5.11. The van der Waals surface area contributed by atoms with E-state index in [9.17, 15) is 13.0 Å². The normalized spacial score (nSPS) is 10.5. The molecule has 7 heteroatoms. The first-order valence-electron chi connectivity index (χ1n) is 3.48. The van der Waals surface area contributed by atoms with Gasteiger partial charge in [-0.2, -0.15) is 0 Å². The molecule has 0 radical (unpaired) electrons. The molecule has 3 N–H and O–H groups in total. The first-order chi connectivity index (χ1) is 5.95. The number of nitrogen functional groups attached to an aromatic ring is 1. The van der Waals surface area contributed by atoms with Crippen LogP contribution < -0.4 is 40.8 Å². The summed E-state index contributed by atoms with van der Waals surface area (Å²) in [5, 5.41) is 0. The molecular formula is C7H9N2NaO3S. The monoisotopic (exact) mass is 224 g/mol. The predicted octanol–water partition coefficient (Wildman–Crippen LogP) is -2.81. The second-order valence-corrected chi connectivity index (χ2v) is 3.95. The molecule has 1 rings (SSSR count). The molecule has 0 amide bonds. The zero-order valence-electron chi connectivity index (χ0n) is 7.94. The molecule has 0 spiro atoms. The van der Waals surface area contributed by atoms with Gasteiger partial charge in [-0.25, -0.2) is 8.42 Å². The van der Waals surface area contributed by atoms with Crippen LogP contribution in [0.15, 0.2) is 23.1 Å². The Balaban J connectivity index is 0.00000169. The van der Waals surface area contributed by atoms with Crippen LogP contribution >= 0.6 is 0 Å². The summed E-state index contributed by atoms with van der Waals surface area (Å²) in [6.07, 6.45) is 0. The van der Waals surface area contributed by atoms with Crippen molar-refractivity contribution >= 4 is 15.8 Å². The van der Waals surface area contributed by atoms with Gasteiger partial charge in [-0.1, -0.05) is 0 Å². The van der Waals surface area contributed by atoms with Gasteiger partial charge in [-0.3, -0.25) is 5.84 Å². The van der Waals surface area contributed by atoms with Crippen LogP contribution in [-0.2, 0) is 10.1 Å². The molecule has 0 aliphatic heterocycles.